The summed E-state index contributed by atoms with van der Waals surface area (Å²) in [6, 6.07) is 4.02. The van der Waals surface area contributed by atoms with E-state index in [0.29, 0.717) is 18.8 Å². The lowest BCUT2D eigenvalue weighted by Crippen LogP contribution is -2.42. The number of sulfonamides is 1. The van der Waals surface area contributed by atoms with Gasteiger partial charge in [-0.2, -0.15) is 0 Å². The smallest absolute Gasteiger partial charge is 0.257 e. The van der Waals surface area contributed by atoms with E-state index in [-0.39, 0.29) is 16.4 Å². The molecule has 1 saturated heterocycles. The van der Waals surface area contributed by atoms with Crippen LogP contribution in [-0.2, 0) is 10.0 Å². The molecule has 6 nitrogen and oxygen atoms in total. The number of hydrogen-bond acceptors (Lipinski definition) is 4. The summed E-state index contributed by atoms with van der Waals surface area (Å²) in [5, 5.41) is 5.05. The molecule has 1 aromatic rings. The van der Waals surface area contributed by atoms with Crippen molar-refractivity contribution in [2.75, 3.05) is 20.2 Å². The van der Waals surface area contributed by atoms with Crippen molar-refractivity contribution in [1.29, 1.82) is 0 Å². The van der Waals surface area contributed by atoms with Gasteiger partial charge in [0.25, 0.3) is 5.91 Å². The van der Waals surface area contributed by atoms with Crippen LogP contribution in [0.25, 0.3) is 0 Å². The Balaban J connectivity index is 2.45. The zero-order chi connectivity index (χ0) is 13.3. The fourth-order valence-corrected chi connectivity index (χ4v) is 2.26. The number of likely N-dealkylation sites (tertiary alicyclic amines) is 1. The van der Waals surface area contributed by atoms with Crippen molar-refractivity contribution in [2.24, 2.45) is 5.14 Å². The summed E-state index contributed by atoms with van der Waals surface area (Å²) in [5.41, 5.74) is 0.226. The van der Waals surface area contributed by atoms with Crippen molar-refractivity contribution in [1.82, 2.24) is 4.90 Å². The van der Waals surface area contributed by atoms with Gasteiger partial charge in [-0.3, -0.25) is 4.79 Å². The predicted molar refractivity (Wildman–Crippen MR) is 64.9 cm³/mol. The second kappa shape index (κ2) is 4.58. The molecule has 1 aromatic carbocycles. The summed E-state index contributed by atoms with van der Waals surface area (Å²) >= 11 is 0. The van der Waals surface area contributed by atoms with Crippen LogP contribution in [0.5, 0.6) is 5.75 Å². The van der Waals surface area contributed by atoms with Crippen LogP contribution in [0.3, 0.4) is 0 Å². The third kappa shape index (κ3) is 2.32. The molecular weight excluding hydrogens is 256 g/mol. The van der Waals surface area contributed by atoms with E-state index in [1.165, 1.54) is 25.3 Å². The van der Waals surface area contributed by atoms with Gasteiger partial charge in [-0.1, -0.05) is 0 Å². The van der Waals surface area contributed by atoms with E-state index in [0.717, 1.165) is 6.42 Å². The number of carbonyl (C=O) groups is 1. The maximum absolute atomic E-state index is 12.1. The highest BCUT2D eigenvalue weighted by Gasteiger charge is 2.25. The van der Waals surface area contributed by atoms with Gasteiger partial charge in [-0.05, 0) is 24.6 Å². The molecule has 98 valence electrons. The molecule has 0 spiro atoms. The van der Waals surface area contributed by atoms with E-state index in [4.69, 9.17) is 9.88 Å². The first-order chi connectivity index (χ1) is 8.43. The Bertz CT molecular complexity index is 579. The number of nitrogens with zero attached hydrogens (tertiary/aromatic N) is 1. The van der Waals surface area contributed by atoms with E-state index in [1.54, 1.807) is 4.90 Å². The van der Waals surface area contributed by atoms with Gasteiger partial charge in [-0.25, -0.2) is 13.6 Å². The van der Waals surface area contributed by atoms with Gasteiger partial charge >= 0.3 is 0 Å². The van der Waals surface area contributed by atoms with Crippen LogP contribution in [0.1, 0.15) is 16.8 Å². The topological polar surface area (TPSA) is 89.7 Å². The molecule has 1 aliphatic heterocycles. The lowest BCUT2D eigenvalue weighted by atomic mass is 10.1. The Morgan fingerprint density at radius 1 is 1.39 bits per heavy atom. The number of benzene rings is 1. The number of carbonyl (C=O) groups excluding carboxylic acids is 1. The van der Waals surface area contributed by atoms with E-state index in [9.17, 15) is 13.2 Å². The Morgan fingerprint density at radius 3 is 2.50 bits per heavy atom. The summed E-state index contributed by atoms with van der Waals surface area (Å²) in [6.45, 7) is 1.36. The second-order valence-electron chi connectivity index (χ2n) is 4.05. The van der Waals surface area contributed by atoms with Gasteiger partial charge in [0, 0.05) is 13.1 Å². The van der Waals surface area contributed by atoms with E-state index in [1.807, 2.05) is 0 Å². The number of amides is 1. The largest absolute Gasteiger partial charge is 0.496 e. The van der Waals surface area contributed by atoms with Crippen molar-refractivity contribution in [3.05, 3.63) is 23.8 Å². The second-order valence-corrected chi connectivity index (χ2v) is 5.61. The molecule has 0 radical (unpaired) electrons. The van der Waals surface area contributed by atoms with Crippen LogP contribution in [0.4, 0.5) is 0 Å². The minimum Gasteiger partial charge on any atom is -0.496 e. The third-order valence-electron chi connectivity index (χ3n) is 2.87. The third-order valence-corrected chi connectivity index (χ3v) is 3.78. The summed E-state index contributed by atoms with van der Waals surface area (Å²) in [7, 11) is -2.40. The van der Waals surface area contributed by atoms with Crippen LogP contribution in [0.15, 0.2) is 23.1 Å². The Labute approximate surface area is 105 Å². The maximum atomic E-state index is 12.1. The SMILES string of the molecule is COc1ccc(S(N)(=O)=O)cc1C(=O)N1CCC1. The van der Waals surface area contributed by atoms with Crippen molar-refractivity contribution in [3.63, 3.8) is 0 Å². The molecule has 1 amide bonds. The van der Waals surface area contributed by atoms with Crippen molar-refractivity contribution in [3.8, 4) is 5.75 Å². The average molecular weight is 270 g/mol. The molecule has 0 aliphatic carbocycles. The first-order valence-electron chi connectivity index (χ1n) is 5.43. The van der Waals surface area contributed by atoms with Crippen molar-refractivity contribution < 1.29 is 17.9 Å². The number of hydrogen-bond donors (Lipinski definition) is 1. The number of primary sulfonamides is 1. The van der Waals surface area contributed by atoms with Crippen LogP contribution in [-0.4, -0.2) is 39.4 Å². The molecule has 1 aliphatic rings. The van der Waals surface area contributed by atoms with Gasteiger partial charge in [-0.15, -0.1) is 0 Å². The molecule has 1 fully saturated rings. The molecule has 0 bridgehead atoms. The van der Waals surface area contributed by atoms with Gasteiger partial charge in [0.05, 0.1) is 17.6 Å². The first kappa shape index (κ1) is 12.8. The van der Waals surface area contributed by atoms with E-state index < -0.39 is 10.0 Å². The molecule has 18 heavy (non-hydrogen) atoms. The van der Waals surface area contributed by atoms with Crippen LogP contribution in [0.2, 0.25) is 0 Å². The summed E-state index contributed by atoms with van der Waals surface area (Å²) in [4.78, 5) is 13.6. The predicted octanol–water partition coefficient (Wildman–Crippen LogP) is 0.188. The molecule has 0 aromatic heterocycles. The first-order valence-corrected chi connectivity index (χ1v) is 6.98. The minimum atomic E-state index is -3.82. The quantitative estimate of drug-likeness (QED) is 0.849. The highest BCUT2D eigenvalue weighted by Crippen LogP contribution is 2.25. The lowest BCUT2D eigenvalue weighted by Gasteiger charge is -2.31. The molecular formula is C11H14N2O4S. The maximum Gasteiger partial charge on any atom is 0.257 e. The van der Waals surface area contributed by atoms with E-state index in [2.05, 4.69) is 0 Å². The van der Waals surface area contributed by atoms with Crippen molar-refractivity contribution in [2.45, 2.75) is 11.3 Å². The number of nitrogens with two attached hydrogens (primary N) is 1. The molecule has 0 unspecified atom stereocenters. The highest BCUT2D eigenvalue weighted by atomic mass is 32.2. The minimum absolute atomic E-state index is 0.0906. The van der Waals surface area contributed by atoms with Gasteiger partial charge < -0.3 is 9.64 Å². The molecule has 2 rings (SSSR count). The fraction of sp³-hybridized carbons (Fsp3) is 0.364. The molecule has 1 heterocycles. The van der Waals surface area contributed by atoms with Gasteiger partial charge in [0.2, 0.25) is 10.0 Å². The zero-order valence-electron chi connectivity index (χ0n) is 9.92. The standard InChI is InChI=1S/C11H14N2O4S/c1-17-10-4-3-8(18(12,15)16)7-9(10)11(14)13-5-2-6-13/h3-4,7H,2,5-6H2,1H3,(H2,12,15,16). The van der Waals surface area contributed by atoms with Gasteiger partial charge in [0.15, 0.2) is 0 Å². The molecule has 7 heteroatoms. The average Bonchev–Trinajstić information content (AvgIpc) is 2.24. The monoisotopic (exact) mass is 270 g/mol. The zero-order valence-corrected chi connectivity index (χ0v) is 10.7. The summed E-state index contributed by atoms with van der Waals surface area (Å²) in [5.74, 6) is 0.114. The fourth-order valence-electron chi connectivity index (χ4n) is 1.72. The highest BCUT2D eigenvalue weighted by molar-refractivity contribution is 7.89. The van der Waals surface area contributed by atoms with Crippen molar-refractivity contribution >= 4 is 15.9 Å². The van der Waals surface area contributed by atoms with Crippen LogP contribution >= 0.6 is 0 Å². The molecule has 0 saturated carbocycles. The Hall–Kier alpha value is -1.60. The number of ether oxygens (including phenoxy) is 1. The van der Waals surface area contributed by atoms with Crippen LogP contribution < -0.4 is 9.88 Å². The van der Waals surface area contributed by atoms with Crippen LogP contribution in [0, 0.1) is 0 Å². The lowest BCUT2D eigenvalue weighted by molar-refractivity contribution is 0.0648. The number of rotatable bonds is 3. The normalized spacial score (nSPS) is 15.1. The Morgan fingerprint density at radius 2 is 2.06 bits per heavy atom. The van der Waals surface area contributed by atoms with E-state index >= 15 is 0 Å². The Kier molecular flexibility index (Phi) is 3.27. The summed E-state index contributed by atoms with van der Waals surface area (Å²) < 4.78 is 27.6. The molecule has 2 N–H and O–H groups in total. The van der Waals surface area contributed by atoms with Gasteiger partial charge in [0.1, 0.15) is 5.75 Å². The molecule has 0 atom stereocenters. The summed E-state index contributed by atoms with van der Waals surface area (Å²) in [6.07, 6.45) is 0.961. The number of methoxy groups -OCH3 is 1.